The number of rotatable bonds is 2. The standard InChI is InChI=1S/C24H37NS/c1-4-16-7-9-18-17-8-10-22-24(3,19(17)11-13-23(16,18)2)20(12-14-25-22)21-6-5-15-26-21/h5-6,15-20,22,25H,4,7-14H2,1-3H3/t16-,17-,18-,19-,20?,22+,23+,24-/m0/s1. The fourth-order valence-electron chi connectivity index (χ4n) is 8.64. The van der Waals surface area contributed by atoms with Crippen LogP contribution in [0.5, 0.6) is 0 Å². The Hall–Kier alpha value is -0.340. The number of hydrogen-bond acceptors (Lipinski definition) is 2. The molecule has 3 saturated carbocycles. The molecule has 1 saturated heterocycles. The van der Waals surface area contributed by atoms with E-state index < -0.39 is 0 Å². The molecule has 5 rings (SSSR count). The zero-order valence-electron chi connectivity index (χ0n) is 17.0. The lowest BCUT2D eigenvalue weighted by molar-refractivity contribution is -0.103. The summed E-state index contributed by atoms with van der Waals surface area (Å²) in [6.45, 7) is 9.04. The summed E-state index contributed by atoms with van der Waals surface area (Å²) in [5.74, 6) is 4.73. The first-order valence-corrected chi connectivity index (χ1v) is 12.2. The monoisotopic (exact) mass is 371 g/mol. The lowest BCUT2D eigenvalue weighted by Gasteiger charge is -2.62. The summed E-state index contributed by atoms with van der Waals surface area (Å²) in [6, 6.07) is 5.46. The third kappa shape index (κ3) is 2.30. The van der Waals surface area contributed by atoms with Crippen molar-refractivity contribution < 1.29 is 0 Å². The van der Waals surface area contributed by atoms with Gasteiger partial charge in [0, 0.05) is 16.8 Å². The van der Waals surface area contributed by atoms with E-state index in [-0.39, 0.29) is 0 Å². The number of thiophene rings is 1. The Balaban J connectivity index is 1.51. The van der Waals surface area contributed by atoms with Gasteiger partial charge in [0.25, 0.3) is 0 Å². The first-order valence-electron chi connectivity index (χ1n) is 11.4. The molecule has 4 fully saturated rings. The van der Waals surface area contributed by atoms with Gasteiger partial charge in [-0.05, 0) is 97.4 Å². The summed E-state index contributed by atoms with van der Waals surface area (Å²) in [5, 5.41) is 6.28. The maximum absolute atomic E-state index is 3.98. The Morgan fingerprint density at radius 1 is 1.08 bits per heavy atom. The van der Waals surface area contributed by atoms with Crippen LogP contribution in [0.2, 0.25) is 0 Å². The largest absolute Gasteiger partial charge is 0.313 e. The van der Waals surface area contributed by atoms with Crippen LogP contribution in [0.1, 0.15) is 82.9 Å². The van der Waals surface area contributed by atoms with Crippen LogP contribution in [0.25, 0.3) is 0 Å². The molecule has 2 heteroatoms. The predicted octanol–water partition coefficient (Wildman–Crippen LogP) is 6.46. The van der Waals surface area contributed by atoms with Crippen molar-refractivity contribution >= 4 is 11.3 Å². The zero-order valence-corrected chi connectivity index (χ0v) is 17.8. The highest BCUT2D eigenvalue weighted by atomic mass is 32.1. The van der Waals surface area contributed by atoms with Crippen LogP contribution in [-0.2, 0) is 0 Å². The molecule has 144 valence electrons. The molecular weight excluding hydrogens is 334 g/mol. The third-order valence-corrected chi connectivity index (χ3v) is 10.9. The van der Waals surface area contributed by atoms with Gasteiger partial charge in [0.15, 0.2) is 0 Å². The van der Waals surface area contributed by atoms with E-state index in [1.807, 2.05) is 11.3 Å². The first kappa shape index (κ1) is 17.7. The summed E-state index contributed by atoms with van der Waals surface area (Å²) in [7, 11) is 0. The van der Waals surface area contributed by atoms with Crippen molar-refractivity contribution in [2.75, 3.05) is 6.54 Å². The van der Waals surface area contributed by atoms with Crippen molar-refractivity contribution in [2.45, 2.75) is 84.1 Å². The predicted molar refractivity (Wildman–Crippen MR) is 112 cm³/mol. The van der Waals surface area contributed by atoms with E-state index >= 15 is 0 Å². The second kappa shape index (κ2) is 6.34. The highest BCUT2D eigenvalue weighted by Crippen LogP contribution is 2.67. The first-order chi connectivity index (χ1) is 12.6. The van der Waals surface area contributed by atoms with Gasteiger partial charge in [-0.2, -0.15) is 0 Å². The molecule has 0 aromatic carbocycles. The van der Waals surface area contributed by atoms with Crippen molar-refractivity contribution in [1.29, 1.82) is 0 Å². The van der Waals surface area contributed by atoms with E-state index in [9.17, 15) is 0 Å². The fraction of sp³-hybridized carbons (Fsp3) is 0.833. The minimum absolute atomic E-state index is 0.470. The number of piperidine rings is 1. The van der Waals surface area contributed by atoms with Gasteiger partial charge in [-0.3, -0.25) is 0 Å². The molecule has 0 spiro atoms. The average Bonchev–Trinajstić information content (AvgIpc) is 3.27. The molecule has 1 N–H and O–H groups in total. The van der Waals surface area contributed by atoms with Gasteiger partial charge < -0.3 is 5.32 Å². The van der Waals surface area contributed by atoms with Gasteiger partial charge in [-0.15, -0.1) is 11.3 Å². The Bertz CT molecular complexity index is 639. The van der Waals surface area contributed by atoms with E-state index in [4.69, 9.17) is 0 Å². The van der Waals surface area contributed by atoms with Gasteiger partial charge in [0.05, 0.1) is 0 Å². The third-order valence-electron chi connectivity index (χ3n) is 9.93. The maximum Gasteiger partial charge on any atom is 0.0130 e. The number of fused-ring (bicyclic) bond motifs is 5. The van der Waals surface area contributed by atoms with Gasteiger partial charge in [-0.25, -0.2) is 0 Å². The quantitative estimate of drug-likeness (QED) is 0.629. The van der Waals surface area contributed by atoms with Crippen molar-refractivity contribution in [3.05, 3.63) is 22.4 Å². The fourth-order valence-corrected chi connectivity index (χ4v) is 9.65. The summed E-state index contributed by atoms with van der Waals surface area (Å²) >= 11 is 2.02. The molecule has 1 aromatic rings. The van der Waals surface area contributed by atoms with Crippen molar-refractivity contribution in [3.63, 3.8) is 0 Å². The molecule has 0 amide bonds. The number of nitrogens with one attached hydrogen (secondary N) is 1. The molecular formula is C24H37NS. The van der Waals surface area contributed by atoms with Gasteiger partial charge in [0.1, 0.15) is 0 Å². The molecule has 0 bridgehead atoms. The Morgan fingerprint density at radius 3 is 2.73 bits per heavy atom. The van der Waals surface area contributed by atoms with Crippen LogP contribution in [-0.4, -0.2) is 12.6 Å². The van der Waals surface area contributed by atoms with E-state index in [0.717, 1.165) is 35.6 Å². The molecule has 4 aliphatic rings. The molecule has 2 heterocycles. The molecule has 1 nitrogen and oxygen atoms in total. The lowest BCUT2D eigenvalue weighted by atomic mass is 9.45. The summed E-state index contributed by atoms with van der Waals surface area (Å²) in [5.41, 5.74) is 1.12. The van der Waals surface area contributed by atoms with Crippen LogP contribution >= 0.6 is 11.3 Å². The Morgan fingerprint density at radius 2 is 1.96 bits per heavy atom. The lowest BCUT2D eigenvalue weighted by Crippen LogP contribution is -2.62. The molecule has 1 unspecified atom stereocenters. The molecule has 1 aliphatic heterocycles. The van der Waals surface area contributed by atoms with Crippen molar-refractivity contribution in [2.24, 2.45) is 34.5 Å². The second-order valence-corrected chi connectivity index (χ2v) is 11.4. The van der Waals surface area contributed by atoms with E-state index in [1.54, 1.807) is 4.88 Å². The van der Waals surface area contributed by atoms with Crippen LogP contribution in [0.15, 0.2) is 17.5 Å². The topological polar surface area (TPSA) is 12.0 Å². The van der Waals surface area contributed by atoms with E-state index in [2.05, 4.69) is 43.6 Å². The van der Waals surface area contributed by atoms with Crippen molar-refractivity contribution in [1.82, 2.24) is 5.32 Å². The van der Waals surface area contributed by atoms with E-state index in [1.165, 1.54) is 57.9 Å². The molecule has 8 atom stereocenters. The highest BCUT2D eigenvalue weighted by Gasteiger charge is 2.61. The van der Waals surface area contributed by atoms with Gasteiger partial charge >= 0.3 is 0 Å². The van der Waals surface area contributed by atoms with Crippen LogP contribution in [0.4, 0.5) is 0 Å². The molecule has 0 radical (unpaired) electrons. The maximum atomic E-state index is 3.98. The summed E-state index contributed by atoms with van der Waals surface area (Å²) < 4.78 is 0. The second-order valence-electron chi connectivity index (χ2n) is 10.4. The smallest absolute Gasteiger partial charge is 0.0130 e. The van der Waals surface area contributed by atoms with Gasteiger partial charge in [-0.1, -0.05) is 33.3 Å². The zero-order chi connectivity index (χ0) is 17.9. The molecule has 1 aromatic heterocycles. The van der Waals surface area contributed by atoms with Gasteiger partial charge in [0.2, 0.25) is 0 Å². The molecule has 26 heavy (non-hydrogen) atoms. The minimum atomic E-state index is 0.470. The minimum Gasteiger partial charge on any atom is -0.313 e. The van der Waals surface area contributed by atoms with Crippen LogP contribution in [0, 0.1) is 34.5 Å². The molecule has 3 aliphatic carbocycles. The van der Waals surface area contributed by atoms with Crippen LogP contribution < -0.4 is 5.32 Å². The number of hydrogen-bond donors (Lipinski definition) is 1. The Labute approximate surface area is 164 Å². The Kier molecular flexibility index (Phi) is 4.33. The van der Waals surface area contributed by atoms with Crippen LogP contribution in [0.3, 0.4) is 0 Å². The summed E-state index contributed by atoms with van der Waals surface area (Å²) in [6.07, 6.45) is 11.7. The average molecular weight is 372 g/mol. The van der Waals surface area contributed by atoms with Crippen molar-refractivity contribution in [3.8, 4) is 0 Å². The normalized spacial score (nSPS) is 50.7. The highest BCUT2D eigenvalue weighted by molar-refractivity contribution is 7.10. The summed E-state index contributed by atoms with van der Waals surface area (Å²) in [4.78, 5) is 1.67. The van der Waals surface area contributed by atoms with E-state index in [0.29, 0.717) is 10.8 Å². The SMILES string of the molecule is CC[C@H]1CC[C@H]2[C@@H]3CC[C@H]4NCCC(c5cccs5)[C@]4(C)[C@H]3CC[C@]12C.